The SMILES string of the molecule is C=S1C=C(C)C(C)N2C(=O)C(NC(=O)C(=NC)c3csc(C)n3)C21. The molecule has 0 bridgehead atoms. The first-order valence-corrected chi connectivity index (χ1v) is 9.97. The molecule has 2 aliphatic rings. The number of amides is 2. The molecule has 24 heavy (non-hydrogen) atoms. The predicted molar refractivity (Wildman–Crippen MR) is 99.8 cm³/mol. The molecule has 0 aliphatic carbocycles. The highest BCUT2D eigenvalue weighted by atomic mass is 32.2. The summed E-state index contributed by atoms with van der Waals surface area (Å²) in [7, 11) is 1.23. The van der Waals surface area contributed by atoms with E-state index in [1.807, 2.05) is 25.7 Å². The fourth-order valence-corrected chi connectivity index (χ4v) is 5.52. The van der Waals surface area contributed by atoms with Gasteiger partial charge in [0, 0.05) is 12.4 Å². The summed E-state index contributed by atoms with van der Waals surface area (Å²) in [5.74, 6) is 3.73. The van der Waals surface area contributed by atoms with E-state index in [4.69, 9.17) is 0 Å². The van der Waals surface area contributed by atoms with Crippen LogP contribution in [0.5, 0.6) is 0 Å². The highest BCUT2D eigenvalue weighted by Crippen LogP contribution is 2.42. The second-order valence-electron chi connectivity index (χ2n) is 5.92. The zero-order valence-electron chi connectivity index (χ0n) is 14.1. The molecule has 2 amide bonds. The van der Waals surface area contributed by atoms with E-state index in [9.17, 15) is 9.59 Å². The molecule has 0 aromatic carbocycles. The van der Waals surface area contributed by atoms with Gasteiger partial charge in [-0.2, -0.15) is 0 Å². The van der Waals surface area contributed by atoms with Gasteiger partial charge in [0.2, 0.25) is 5.91 Å². The molecule has 0 spiro atoms. The number of nitrogens with zero attached hydrogens (tertiary/aromatic N) is 3. The molecule has 0 saturated carbocycles. The molecule has 6 nitrogen and oxygen atoms in total. The number of aliphatic imine (C=N–C) groups is 1. The van der Waals surface area contributed by atoms with Crippen LogP contribution in [0, 0.1) is 6.92 Å². The molecule has 3 rings (SSSR count). The number of rotatable bonds is 3. The normalized spacial score (nSPS) is 29.7. The minimum Gasteiger partial charge on any atom is -0.336 e. The molecular formula is C16H20N4O2S2. The van der Waals surface area contributed by atoms with Crippen LogP contribution in [0.25, 0.3) is 0 Å². The molecule has 1 saturated heterocycles. The number of fused-ring (bicyclic) bond motifs is 1. The van der Waals surface area contributed by atoms with Crippen LogP contribution < -0.4 is 5.32 Å². The number of aromatic nitrogens is 1. The van der Waals surface area contributed by atoms with E-state index in [1.54, 1.807) is 12.4 Å². The molecule has 128 valence electrons. The third-order valence-corrected chi connectivity index (χ3v) is 6.96. The van der Waals surface area contributed by atoms with Crippen molar-refractivity contribution in [3.63, 3.8) is 0 Å². The van der Waals surface area contributed by atoms with Crippen LogP contribution in [0.4, 0.5) is 0 Å². The Kier molecular flexibility index (Phi) is 4.44. The van der Waals surface area contributed by atoms with E-state index in [1.165, 1.54) is 11.3 Å². The molecule has 3 heterocycles. The first-order chi connectivity index (χ1) is 11.3. The maximum Gasteiger partial charge on any atom is 0.272 e. The van der Waals surface area contributed by atoms with E-state index in [-0.39, 0.29) is 39.4 Å². The summed E-state index contributed by atoms with van der Waals surface area (Å²) in [6, 6.07) is -0.483. The molecule has 1 fully saturated rings. The molecule has 8 heteroatoms. The van der Waals surface area contributed by atoms with Crippen molar-refractivity contribution in [1.29, 1.82) is 0 Å². The lowest BCUT2D eigenvalue weighted by Crippen LogP contribution is -2.73. The Bertz CT molecular complexity index is 796. The lowest BCUT2D eigenvalue weighted by molar-refractivity contribution is -0.149. The first kappa shape index (κ1) is 17.0. The Morgan fingerprint density at radius 2 is 2.21 bits per heavy atom. The van der Waals surface area contributed by atoms with E-state index in [2.05, 4.69) is 26.6 Å². The third-order valence-electron chi connectivity index (χ3n) is 4.39. The second-order valence-corrected chi connectivity index (χ2v) is 8.64. The van der Waals surface area contributed by atoms with Crippen LogP contribution in [-0.4, -0.2) is 57.8 Å². The summed E-state index contributed by atoms with van der Waals surface area (Å²) in [5.41, 5.74) is 1.95. The summed E-state index contributed by atoms with van der Waals surface area (Å²) in [5, 5.41) is 7.53. The summed E-state index contributed by atoms with van der Waals surface area (Å²) in [4.78, 5) is 35.3. The largest absolute Gasteiger partial charge is 0.336 e. The van der Waals surface area contributed by atoms with Crippen LogP contribution in [0.3, 0.4) is 0 Å². The van der Waals surface area contributed by atoms with Gasteiger partial charge in [-0.1, -0.05) is 5.87 Å². The Hall–Kier alpha value is -1.80. The predicted octanol–water partition coefficient (Wildman–Crippen LogP) is 1.53. The Morgan fingerprint density at radius 1 is 1.50 bits per heavy atom. The quantitative estimate of drug-likeness (QED) is 0.502. The number of carbonyl (C=O) groups is 2. The zero-order valence-corrected chi connectivity index (χ0v) is 15.7. The summed E-state index contributed by atoms with van der Waals surface area (Å²) >= 11 is 1.46. The number of hydrogen-bond acceptors (Lipinski definition) is 5. The molecule has 1 aromatic heterocycles. The molecule has 4 unspecified atom stereocenters. The standard InChI is InChI=1S/C16H20N4O2S2/c1-8-7-24(5)16-13(15(22)20(16)9(8)2)19-14(21)12(17-4)11-6-23-10(3)18-11/h6-7,9,13,16H,5H2,1-4H3,(H,19,21). The van der Waals surface area contributed by atoms with E-state index in [0.29, 0.717) is 5.69 Å². The van der Waals surface area contributed by atoms with Crippen molar-refractivity contribution in [2.24, 2.45) is 4.99 Å². The molecule has 1 aromatic rings. The average molecular weight is 364 g/mol. The van der Waals surface area contributed by atoms with Gasteiger partial charge in [-0.25, -0.2) is 4.98 Å². The number of nitrogens with one attached hydrogen (secondary N) is 1. The minimum atomic E-state index is -0.540. The molecule has 0 radical (unpaired) electrons. The number of aryl methyl sites for hydroxylation is 1. The smallest absolute Gasteiger partial charge is 0.272 e. The van der Waals surface area contributed by atoms with Gasteiger partial charge in [-0.15, -0.1) is 21.8 Å². The molecular weight excluding hydrogens is 344 g/mol. The van der Waals surface area contributed by atoms with Crippen molar-refractivity contribution < 1.29 is 9.59 Å². The zero-order chi connectivity index (χ0) is 17.6. The molecule has 4 atom stereocenters. The van der Waals surface area contributed by atoms with Crippen molar-refractivity contribution in [3.8, 4) is 0 Å². The maximum absolute atomic E-state index is 12.6. The molecule has 1 N–H and O–H groups in total. The summed E-state index contributed by atoms with van der Waals surface area (Å²) in [6.07, 6.45) is 0. The highest BCUT2D eigenvalue weighted by molar-refractivity contribution is 8.17. The van der Waals surface area contributed by atoms with Crippen LogP contribution in [0.15, 0.2) is 21.4 Å². The number of carbonyl (C=O) groups excluding carboxylic acids is 2. The van der Waals surface area contributed by atoms with Crippen molar-refractivity contribution in [1.82, 2.24) is 15.2 Å². The number of β-lactam (4-membered cyclic amide) rings is 1. The van der Waals surface area contributed by atoms with Crippen LogP contribution >= 0.6 is 21.8 Å². The number of hydrogen-bond donors (Lipinski definition) is 1. The second kappa shape index (κ2) is 6.25. The molecule has 2 aliphatic heterocycles. The average Bonchev–Trinajstić information content (AvgIpc) is 2.95. The lowest BCUT2D eigenvalue weighted by atomic mass is 10.00. The highest BCUT2D eigenvalue weighted by Gasteiger charge is 2.53. The van der Waals surface area contributed by atoms with Crippen molar-refractivity contribution in [3.05, 3.63) is 27.1 Å². The Labute approximate surface area is 147 Å². The van der Waals surface area contributed by atoms with Crippen molar-refractivity contribution in [2.45, 2.75) is 38.2 Å². The first-order valence-electron chi connectivity index (χ1n) is 7.57. The van der Waals surface area contributed by atoms with Crippen LogP contribution in [0.1, 0.15) is 24.5 Å². The summed E-state index contributed by atoms with van der Waals surface area (Å²) in [6.45, 7) is 5.89. The third kappa shape index (κ3) is 2.63. The number of thiazole rings is 1. The van der Waals surface area contributed by atoms with Gasteiger partial charge in [-0.3, -0.25) is 14.6 Å². The van der Waals surface area contributed by atoms with Crippen LogP contribution in [-0.2, 0) is 9.59 Å². The van der Waals surface area contributed by atoms with E-state index < -0.39 is 6.04 Å². The van der Waals surface area contributed by atoms with E-state index >= 15 is 0 Å². The van der Waals surface area contributed by atoms with Gasteiger partial charge >= 0.3 is 0 Å². The van der Waals surface area contributed by atoms with Gasteiger partial charge in [0.1, 0.15) is 22.8 Å². The van der Waals surface area contributed by atoms with Crippen LogP contribution in [0.2, 0.25) is 0 Å². The van der Waals surface area contributed by atoms with Gasteiger partial charge in [-0.05, 0) is 31.8 Å². The maximum atomic E-state index is 12.6. The van der Waals surface area contributed by atoms with Gasteiger partial charge in [0.25, 0.3) is 5.91 Å². The monoisotopic (exact) mass is 364 g/mol. The fraction of sp³-hybridized carbons (Fsp3) is 0.438. The van der Waals surface area contributed by atoms with Gasteiger partial charge < -0.3 is 10.2 Å². The van der Waals surface area contributed by atoms with Crippen molar-refractivity contribution >= 4 is 45.2 Å². The van der Waals surface area contributed by atoms with Gasteiger partial charge in [0.15, 0.2) is 0 Å². The summed E-state index contributed by atoms with van der Waals surface area (Å²) < 4.78 is 0. The topological polar surface area (TPSA) is 74.7 Å². The van der Waals surface area contributed by atoms with Crippen molar-refractivity contribution in [2.75, 3.05) is 7.05 Å². The Balaban J connectivity index is 1.78. The minimum absolute atomic E-state index is 0.0561. The lowest BCUT2D eigenvalue weighted by Gasteiger charge is -2.53. The Morgan fingerprint density at radius 3 is 2.79 bits per heavy atom. The fourth-order valence-electron chi connectivity index (χ4n) is 2.99. The van der Waals surface area contributed by atoms with E-state index in [0.717, 1.165) is 10.6 Å². The van der Waals surface area contributed by atoms with Gasteiger partial charge in [0.05, 0.1) is 11.0 Å².